The average Bonchev–Trinajstić information content (AvgIpc) is 2.04. The minimum atomic E-state index is -2.82. The Hall–Kier alpha value is -0.900. The van der Waals surface area contributed by atoms with E-state index in [4.69, 9.17) is 0 Å². The zero-order chi connectivity index (χ0) is 9.73. The number of nitrogens with zero attached hydrogens (tertiary/aromatic N) is 1. The molecule has 0 bridgehead atoms. The molecule has 0 spiro atoms. The highest BCUT2D eigenvalue weighted by Crippen LogP contribution is 1.99. The van der Waals surface area contributed by atoms with Crippen molar-refractivity contribution in [2.24, 2.45) is 0 Å². The molecule has 0 fully saturated rings. The van der Waals surface area contributed by atoms with Gasteiger partial charge in [0.2, 0.25) is 0 Å². The van der Waals surface area contributed by atoms with Gasteiger partial charge in [-0.2, -0.15) is 0 Å². The maximum Gasteiger partial charge on any atom is 0.147 e. The number of aromatic nitrogens is 1. The maximum atomic E-state index is 10.8. The Morgan fingerprint density at radius 2 is 2.15 bits per heavy atom. The molecule has 4 heteroatoms. The van der Waals surface area contributed by atoms with Crippen LogP contribution in [-0.2, 0) is 16.3 Å². The molecule has 0 saturated heterocycles. The van der Waals surface area contributed by atoms with E-state index in [0.29, 0.717) is 6.42 Å². The lowest BCUT2D eigenvalue weighted by atomic mass is 10.2. The van der Waals surface area contributed by atoms with Gasteiger partial charge in [0.15, 0.2) is 0 Å². The molecule has 0 amide bonds. The minimum absolute atomic E-state index is 0.240. The van der Waals surface area contributed by atoms with Crippen LogP contribution in [0.3, 0.4) is 0 Å². The lowest BCUT2D eigenvalue weighted by Gasteiger charge is -1.98. The molecule has 3 nitrogen and oxygen atoms in total. The Labute approximate surface area is 78.7 Å². The van der Waals surface area contributed by atoms with E-state index in [9.17, 15) is 8.42 Å². The highest BCUT2D eigenvalue weighted by molar-refractivity contribution is 7.90. The standard InChI is InChI=1S/C9H13NO2S/c1-13(11,12)8-4-6-9-5-2-3-7-10-9/h2-3,5,7H,4,6,8H2,1H3. The Bertz CT molecular complexity index is 345. The number of pyridine rings is 1. The Morgan fingerprint density at radius 3 is 2.69 bits per heavy atom. The second-order valence-corrected chi connectivity index (χ2v) is 5.31. The van der Waals surface area contributed by atoms with E-state index in [1.807, 2.05) is 18.2 Å². The van der Waals surface area contributed by atoms with Crippen LogP contribution in [0.4, 0.5) is 0 Å². The van der Waals surface area contributed by atoms with Crippen molar-refractivity contribution in [1.82, 2.24) is 4.98 Å². The van der Waals surface area contributed by atoms with Crippen molar-refractivity contribution < 1.29 is 8.42 Å². The van der Waals surface area contributed by atoms with Gasteiger partial charge < -0.3 is 0 Å². The van der Waals surface area contributed by atoms with Crippen molar-refractivity contribution in [2.45, 2.75) is 12.8 Å². The summed E-state index contributed by atoms with van der Waals surface area (Å²) >= 11 is 0. The first-order chi connectivity index (χ1) is 6.08. The summed E-state index contributed by atoms with van der Waals surface area (Å²) in [6.07, 6.45) is 4.35. The molecule has 0 aliphatic rings. The van der Waals surface area contributed by atoms with Gasteiger partial charge in [-0.3, -0.25) is 4.98 Å². The molecule has 0 unspecified atom stereocenters. The third-order valence-electron chi connectivity index (χ3n) is 1.67. The van der Waals surface area contributed by atoms with Gasteiger partial charge in [-0.05, 0) is 25.0 Å². The van der Waals surface area contributed by atoms with Gasteiger partial charge in [-0.1, -0.05) is 6.07 Å². The summed E-state index contributed by atoms with van der Waals surface area (Å²) in [5.74, 6) is 0.240. The summed E-state index contributed by atoms with van der Waals surface area (Å²) in [5.41, 5.74) is 0.950. The monoisotopic (exact) mass is 199 g/mol. The fourth-order valence-corrected chi connectivity index (χ4v) is 1.73. The van der Waals surface area contributed by atoms with E-state index in [1.54, 1.807) is 6.20 Å². The summed E-state index contributed by atoms with van der Waals surface area (Å²) in [6, 6.07) is 5.66. The average molecular weight is 199 g/mol. The summed E-state index contributed by atoms with van der Waals surface area (Å²) in [4.78, 5) is 4.10. The molecule has 0 saturated carbocycles. The smallest absolute Gasteiger partial charge is 0.147 e. The minimum Gasteiger partial charge on any atom is -0.261 e. The van der Waals surface area contributed by atoms with E-state index in [2.05, 4.69) is 4.98 Å². The van der Waals surface area contributed by atoms with Gasteiger partial charge in [0.05, 0.1) is 5.75 Å². The van der Waals surface area contributed by atoms with Gasteiger partial charge in [0.25, 0.3) is 0 Å². The molecule has 0 atom stereocenters. The molecule has 1 rings (SSSR count). The zero-order valence-electron chi connectivity index (χ0n) is 7.60. The van der Waals surface area contributed by atoms with Gasteiger partial charge in [0, 0.05) is 18.1 Å². The predicted octanol–water partition coefficient (Wildman–Crippen LogP) is 1.06. The normalized spacial score (nSPS) is 11.5. The largest absolute Gasteiger partial charge is 0.261 e. The molecule has 0 aliphatic carbocycles. The lowest BCUT2D eigenvalue weighted by Crippen LogP contribution is -2.04. The molecular weight excluding hydrogens is 186 g/mol. The first-order valence-electron chi connectivity index (χ1n) is 4.15. The fraction of sp³-hybridized carbons (Fsp3) is 0.444. The quantitative estimate of drug-likeness (QED) is 0.728. The van der Waals surface area contributed by atoms with E-state index < -0.39 is 9.84 Å². The number of hydrogen-bond donors (Lipinski definition) is 0. The summed E-state index contributed by atoms with van der Waals surface area (Å²) in [5, 5.41) is 0. The van der Waals surface area contributed by atoms with Crippen molar-refractivity contribution in [3.8, 4) is 0 Å². The molecule has 1 heterocycles. The Morgan fingerprint density at radius 1 is 1.38 bits per heavy atom. The molecule has 13 heavy (non-hydrogen) atoms. The fourth-order valence-electron chi connectivity index (χ4n) is 1.06. The third-order valence-corrected chi connectivity index (χ3v) is 2.70. The van der Waals surface area contributed by atoms with Crippen molar-refractivity contribution in [3.05, 3.63) is 30.1 Å². The van der Waals surface area contributed by atoms with E-state index in [-0.39, 0.29) is 5.75 Å². The predicted molar refractivity (Wildman–Crippen MR) is 52.3 cm³/mol. The van der Waals surface area contributed by atoms with Crippen LogP contribution < -0.4 is 0 Å². The van der Waals surface area contributed by atoms with Gasteiger partial charge in [0.1, 0.15) is 9.84 Å². The Kier molecular flexibility index (Phi) is 3.42. The second-order valence-electron chi connectivity index (χ2n) is 3.05. The summed E-state index contributed by atoms with van der Waals surface area (Å²) in [6.45, 7) is 0. The number of hydrogen-bond acceptors (Lipinski definition) is 3. The topological polar surface area (TPSA) is 47.0 Å². The van der Waals surface area contributed by atoms with Crippen molar-refractivity contribution in [2.75, 3.05) is 12.0 Å². The second kappa shape index (κ2) is 4.37. The van der Waals surface area contributed by atoms with Gasteiger partial charge in [-0.15, -0.1) is 0 Å². The van der Waals surface area contributed by atoms with E-state index in [1.165, 1.54) is 6.26 Å². The lowest BCUT2D eigenvalue weighted by molar-refractivity contribution is 0.599. The first kappa shape index (κ1) is 10.2. The van der Waals surface area contributed by atoms with Crippen LogP contribution in [0.25, 0.3) is 0 Å². The van der Waals surface area contributed by atoms with Gasteiger partial charge in [-0.25, -0.2) is 8.42 Å². The summed E-state index contributed by atoms with van der Waals surface area (Å²) < 4.78 is 21.6. The molecule has 0 aliphatic heterocycles. The number of rotatable bonds is 4. The van der Waals surface area contributed by atoms with Crippen LogP contribution in [-0.4, -0.2) is 25.4 Å². The van der Waals surface area contributed by atoms with Crippen LogP contribution in [0.15, 0.2) is 24.4 Å². The molecule has 0 radical (unpaired) electrons. The van der Waals surface area contributed by atoms with Crippen LogP contribution in [0.1, 0.15) is 12.1 Å². The maximum absolute atomic E-state index is 10.8. The summed E-state index contributed by atoms with van der Waals surface area (Å²) in [7, 11) is -2.82. The van der Waals surface area contributed by atoms with Crippen LogP contribution in [0.5, 0.6) is 0 Å². The molecular formula is C9H13NO2S. The van der Waals surface area contributed by atoms with Crippen LogP contribution in [0.2, 0.25) is 0 Å². The Balaban J connectivity index is 2.37. The van der Waals surface area contributed by atoms with Crippen LogP contribution in [0, 0.1) is 0 Å². The van der Waals surface area contributed by atoms with Crippen molar-refractivity contribution in [3.63, 3.8) is 0 Å². The van der Waals surface area contributed by atoms with Crippen molar-refractivity contribution >= 4 is 9.84 Å². The van der Waals surface area contributed by atoms with Gasteiger partial charge >= 0.3 is 0 Å². The third kappa shape index (κ3) is 4.62. The molecule has 0 aromatic carbocycles. The highest BCUT2D eigenvalue weighted by Gasteiger charge is 2.01. The van der Waals surface area contributed by atoms with Crippen molar-refractivity contribution in [1.29, 1.82) is 0 Å². The molecule has 1 aromatic heterocycles. The highest BCUT2D eigenvalue weighted by atomic mass is 32.2. The SMILES string of the molecule is CS(=O)(=O)CCCc1ccccn1. The number of sulfone groups is 1. The van der Waals surface area contributed by atoms with Crippen LogP contribution >= 0.6 is 0 Å². The first-order valence-corrected chi connectivity index (χ1v) is 6.21. The van der Waals surface area contributed by atoms with E-state index >= 15 is 0 Å². The zero-order valence-corrected chi connectivity index (χ0v) is 8.42. The number of aryl methyl sites for hydroxylation is 1. The molecule has 72 valence electrons. The molecule has 0 N–H and O–H groups in total. The van der Waals surface area contributed by atoms with E-state index in [0.717, 1.165) is 12.1 Å². The molecule has 1 aromatic rings.